The van der Waals surface area contributed by atoms with Crippen LogP contribution < -0.4 is 4.72 Å². The molecule has 10 heteroatoms. The molecule has 9 nitrogen and oxygen atoms in total. The molecule has 2 rings (SSSR count). The van der Waals surface area contributed by atoms with E-state index in [1.807, 2.05) is 0 Å². The Bertz CT molecular complexity index is 793. The monoisotopic (exact) mass is 312 g/mol. The minimum atomic E-state index is -3.96. The van der Waals surface area contributed by atoms with Gasteiger partial charge < -0.3 is 5.11 Å². The standard InChI is InChI=1S/C11H12N4O5S/c1-6-11(7(2)13-12-6)21(19,20)14-9-4-3-8(15(17)18)5-10(9)16/h3-5,14,16H,1-2H3,(H,12,13). The average Bonchev–Trinajstić information content (AvgIpc) is 2.71. The van der Waals surface area contributed by atoms with Crippen LogP contribution >= 0.6 is 0 Å². The molecular formula is C11H12N4O5S. The van der Waals surface area contributed by atoms with Gasteiger partial charge in [-0.05, 0) is 19.9 Å². The molecule has 0 radical (unpaired) electrons. The molecule has 0 fully saturated rings. The molecule has 112 valence electrons. The summed E-state index contributed by atoms with van der Waals surface area (Å²) in [6, 6.07) is 3.08. The van der Waals surface area contributed by atoms with Crippen molar-refractivity contribution in [2.75, 3.05) is 4.72 Å². The summed E-state index contributed by atoms with van der Waals surface area (Å²) in [6.45, 7) is 3.07. The Morgan fingerprint density at radius 3 is 2.52 bits per heavy atom. The zero-order chi connectivity index (χ0) is 15.8. The first-order valence-corrected chi connectivity index (χ1v) is 7.22. The van der Waals surface area contributed by atoms with Gasteiger partial charge in [0.15, 0.2) is 0 Å². The number of phenols is 1. The van der Waals surface area contributed by atoms with Gasteiger partial charge in [0.25, 0.3) is 15.7 Å². The lowest BCUT2D eigenvalue weighted by Gasteiger charge is -2.09. The van der Waals surface area contributed by atoms with Crippen LogP contribution in [0.2, 0.25) is 0 Å². The SMILES string of the molecule is Cc1n[nH]c(C)c1S(=O)(=O)Nc1ccc([N+](=O)[O-])cc1O. The van der Waals surface area contributed by atoms with Crippen LogP contribution in [0.15, 0.2) is 23.1 Å². The molecule has 0 saturated heterocycles. The smallest absolute Gasteiger partial charge is 0.273 e. The van der Waals surface area contributed by atoms with Crippen LogP contribution in [0.4, 0.5) is 11.4 Å². The highest BCUT2D eigenvalue weighted by atomic mass is 32.2. The first-order chi connectivity index (χ1) is 9.72. The summed E-state index contributed by atoms with van der Waals surface area (Å²) in [6.07, 6.45) is 0. The normalized spacial score (nSPS) is 11.3. The van der Waals surface area contributed by atoms with Crippen LogP contribution in [-0.4, -0.2) is 28.6 Å². The van der Waals surface area contributed by atoms with Crippen LogP contribution in [-0.2, 0) is 10.0 Å². The fraction of sp³-hybridized carbons (Fsp3) is 0.182. The number of nitro groups is 1. The molecule has 3 N–H and O–H groups in total. The van der Waals surface area contributed by atoms with Crippen molar-refractivity contribution in [3.63, 3.8) is 0 Å². The minimum absolute atomic E-state index is 0.0275. The Hall–Kier alpha value is -2.62. The predicted molar refractivity (Wildman–Crippen MR) is 73.6 cm³/mol. The third-order valence-electron chi connectivity index (χ3n) is 2.77. The fourth-order valence-corrected chi connectivity index (χ4v) is 3.30. The number of aromatic hydroxyl groups is 1. The van der Waals surface area contributed by atoms with E-state index in [1.54, 1.807) is 6.92 Å². The molecule has 0 spiro atoms. The second-order valence-electron chi connectivity index (χ2n) is 4.33. The second-order valence-corrected chi connectivity index (χ2v) is 5.95. The molecule has 0 aliphatic heterocycles. The number of benzene rings is 1. The second kappa shape index (κ2) is 5.05. The molecule has 1 heterocycles. The van der Waals surface area contributed by atoms with Gasteiger partial charge in [-0.1, -0.05) is 0 Å². The maximum Gasteiger partial charge on any atom is 0.273 e. The topological polar surface area (TPSA) is 138 Å². The molecule has 0 aliphatic carbocycles. The lowest BCUT2D eigenvalue weighted by molar-refractivity contribution is -0.384. The van der Waals surface area contributed by atoms with Gasteiger partial charge in [-0.2, -0.15) is 5.10 Å². The molecule has 0 saturated carbocycles. The van der Waals surface area contributed by atoms with Crippen molar-refractivity contribution in [3.05, 3.63) is 39.7 Å². The number of aromatic nitrogens is 2. The van der Waals surface area contributed by atoms with Crippen molar-refractivity contribution in [3.8, 4) is 5.75 Å². The van der Waals surface area contributed by atoms with Gasteiger partial charge in [0.05, 0.1) is 28.1 Å². The van der Waals surface area contributed by atoms with Gasteiger partial charge in [-0.3, -0.25) is 19.9 Å². The van der Waals surface area contributed by atoms with E-state index < -0.39 is 20.7 Å². The Morgan fingerprint density at radius 2 is 2.05 bits per heavy atom. The lowest BCUT2D eigenvalue weighted by Crippen LogP contribution is -2.14. The molecule has 2 aromatic rings. The predicted octanol–water partition coefficient (Wildman–Crippen LogP) is 1.44. The van der Waals surface area contributed by atoms with E-state index in [1.165, 1.54) is 6.92 Å². The van der Waals surface area contributed by atoms with Crippen molar-refractivity contribution in [1.29, 1.82) is 0 Å². The molecule has 1 aromatic carbocycles. The number of nitrogens with one attached hydrogen (secondary N) is 2. The van der Waals surface area contributed by atoms with E-state index in [-0.39, 0.29) is 22.0 Å². The first-order valence-electron chi connectivity index (χ1n) is 5.74. The fourth-order valence-electron chi connectivity index (χ4n) is 1.85. The Labute approximate surface area is 119 Å². The zero-order valence-electron chi connectivity index (χ0n) is 11.1. The number of hydrogen-bond acceptors (Lipinski definition) is 6. The number of aryl methyl sites for hydroxylation is 2. The lowest BCUT2D eigenvalue weighted by atomic mass is 10.2. The van der Waals surface area contributed by atoms with Gasteiger partial charge >= 0.3 is 0 Å². The molecule has 21 heavy (non-hydrogen) atoms. The number of anilines is 1. The van der Waals surface area contributed by atoms with Crippen molar-refractivity contribution in [2.45, 2.75) is 18.7 Å². The van der Waals surface area contributed by atoms with Crippen LogP contribution in [0.5, 0.6) is 5.75 Å². The van der Waals surface area contributed by atoms with Crippen LogP contribution in [0.1, 0.15) is 11.4 Å². The maximum absolute atomic E-state index is 12.3. The number of phenolic OH excluding ortho intramolecular Hbond substituents is 1. The van der Waals surface area contributed by atoms with E-state index in [2.05, 4.69) is 14.9 Å². The highest BCUT2D eigenvalue weighted by molar-refractivity contribution is 7.92. The number of H-pyrrole nitrogens is 1. The summed E-state index contributed by atoms with van der Waals surface area (Å²) in [5.74, 6) is -0.536. The van der Waals surface area contributed by atoms with Crippen molar-refractivity contribution in [2.24, 2.45) is 0 Å². The molecule has 1 aromatic heterocycles. The number of aromatic amines is 1. The van der Waals surface area contributed by atoms with Crippen molar-refractivity contribution < 1.29 is 18.4 Å². The quantitative estimate of drug-likeness (QED) is 0.443. The Balaban J connectivity index is 2.40. The van der Waals surface area contributed by atoms with Gasteiger partial charge in [-0.15, -0.1) is 0 Å². The van der Waals surface area contributed by atoms with Crippen LogP contribution in [0.3, 0.4) is 0 Å². The summed E-state index contributed by atoms with van der Waals surface area (Å²) in [5.41, 5.74) is 0.134. The molecule has 0 aliphatic rings. The average molecular weight is 312 g/mol. The van der Waals surface area contributed by atoms with E-state index in [4.69, 9.17) is 0 Å². The molecule has 0 unspecified atom stereocenters. The number of nitrogens with zero attached hydrogens (tertiary/aromatic N) is 2. The van der Waals surface area contributed by atoms with E-state index in [0.29, 0.717) is 5.69 Å². The van der Waals surface area contributed by atoms with Gasteiger partial charge in [-0.25, -0.2) is 8.42 Å². The Kier molecular flexibility index (Phi) is 3.56. The number of rotatable bonds is 4. The largest absolute Gasteiger partial charge is 0.505 e. The molecule has 0 amide bonds. The summed E-state index contributed by atoms with van der Waals surface area (Å²) in [5, 5.41) is 26.6. The maximum atomic E-state index is 12.3. The third kappa shape index (κ3) is 2.79. The molecule has 0 atom stereocenters. The van der Waals surface area contributed by atoms with Crippen molar-refractivity contribution >= 4 is 21.4 Å². The van der Waals surface area contributed by atoms with Gasteiger partial charge in [0.1, 0.15) is 10.6 Å². The number of sulfonamides is 1. The summed E-state index contributed by atoms with van der Waals surface area (Å²) in [4.78, 5) is 9.85. The van der Waals surface area contributed by atoms with Crippen LogP contribution in [0.25, 0.3) is 0 Å². The minimum Gasteiger partial charge on any atom is -0.505 e. The van der Waals surface area contributed by atoms with Gasteiger partial charge in [0, 0.05) is 6.07 Å². The highest BCUT2D eigenvalue weighted by Gasteiger charge is 2.23. The number of non-ortho nitro benzene ring substituents is 1. The zero-order valence-corrected chi connectivity index (χ0v) is 11.9. The molecular weight excluding hydrogens is 300 g/mol. The number of hydrogen-bond donors (Lipinski definition) is 3. The van der Waals surface area contributed by atoms with E-state index in [9.17, 15) is 23.6 Å². The summed E-state index contributed by atoms with van der Waals surface area (Å²) < 4.78 is 26.7. The van der Waals surface area contributed by atoms with E-state index in [0.717, 1.165) is 18.2 Å². The van der Waals surface area contributed by atoms with Gasteiger partial charge in [0.2, 0.25) is 0 Å². The van der Waals surface area contributed by atoms with Crippen molar-refractivity contribution in [1.82, 2.24) is 10.2 Å². The van der Waals surface area contributed by atoms with Crippen LogP contribution in [0, 0.1) is 24.0 Å². The number of nitro benzene ring substituents is 1. The molecule has 0 bridgehead atoms. The first kappa shape index (κ1) is 14.8. The Morgan fingerprint density at radius 1 is 1.38 bits per heavy atom. The summed E-state index contributed by atoms with van der Waals surface area (Å²) >= 11 is 0. The highest BCUT2D eigenvalue weighted by Crippen LogP contribution is 2.30. The third-order valence-corrected chi connectivity index (χ3v) is 4.39. The summed E-state index contributed by atoms with van der Waals surface area (Å²) in [7, 11) is -3.96. The van der Waals surface area contributed by atoms with E-state index >= 15 is 0 Å².